The number of hydrogen-bond donors (Lipinski definition) is 1. The van der Waals surface area contributed by atoms with E-state index in [0.29, 0.717) is 6.04 Å². The molecular formula is C18H24N4. The Morgan fingerprint density at radius 2 is 1.86 bits per heavy atom. The van der Waals surface area contributed by atoms with Crippen molar-refractivity contribution in [2.24, 2.45) is 0 Å². The van der Waals surface area contributed by atoms with E-state index in [1.165, 1.54) is 11.1 Å². The summed E-state index contributed by atoms with van der Waals surface area (Å²) in [6, 6.07) is 11.1. The van der Waals surface area contributed by atoms with Gasteiger partial charge < -0.3 is 10.2 Å². The van der Waals surface area contributed by atoms with Crippen LogP contribution in [0.15, 0.2) is 36.7 Å². The molecule has 0 fully saturated rings. The number of nitrogens with zero attached hydrogens (tertiary/aromatic N) is 3. The van der Waals surface area contributed by atoms with E-state index in [4.69, 9.17) is 0 Å². The van der Waals surface area contributed by atoms with Gasteiger partial charge in [-0.25, -0.2) is 9.97 Å². The molecule has 116 valence electrons. The fourth-order valence-electron chi connectivity index (χ4n) is 3.09. The van der Waals surface area contributed by atoms with Crippen molar-refractivity contribution in [1.82, 2.24) is 9.97 Å². The van der Waals surface area contributed by atoms with Gasteiger partial charge in [-0.3, -0.25) is 0 Å². The van der Waals surface area contributed by atoms with Crippen molar-refractivity contribution < 1.29 is 0 Å². The molecule has 0 saturated carbocycles. The summed E-state index contributed by atoms with van der Waals surface area (Å²) in [7, 11) is 0. The van der Waals surface area contributed by atoms with Crippen molar-refractivity contribution in [1.29, 1.82) is 0 Å². The number of rotatable bonds is 3. The summed E-state index contributed by atoms with van der Waals surface area (Å²) in [5.41, 5.74) is 2.87. The highest BCUT2D eigenvalue weighted by molar-refractivity contribution is 5.53. The molecule has 4 nitrogen and oxygen atoms in total. The Labute approximate surface area is 132 Å². The Morgan fingerprint density at radius 3 is 2.59 bits per heavy atom. The van der Waals surface area contributed by atoms with E-state index < -0.39 is 0 Å². The molecule has 2 heterocycles. The predicted octanol–water partition coefficient (Wildman–Crippen LogP) is 3.64. The quantitative estimate of drug-likeness (QED) is 0.939. The lowest BCUT2D eigenvalue weighted by Crippen LogP contribution is -2.49. The summed E-state index contributed by atoms with van der Waals surface area (Å²) in [6.07, 6.45) is 2.68. The van der Waals surface area contributed by atoms with E-state index in [1.54, 1.807) is 6.33 Å². The van der Waals surface area contributed by atoms with Crippen LogP contribution in [0.25, 0.3) is 0 Å². The maximum Gasteiger partial charge on any atom is 0.134 e. The Bertz CT molecular complexity index is 664. The number of fused-ring (bicyclic) bond motifs is 1. The van der Waals surface area contributed by atoms with Gasteiger partial charge in [0.25, 0.3) is 0 Å². The molecule has 1 aromatic carbocycles. The first-order valence-corrected chi connectivity index (χ1v) is 7.89. The van der Waals surface area contributed by atoms with Crippen molar-refractivity contribution in [2.45, 2.75) is 52.2 Å². The Balaban J connectivity index is 1.94. The van der Waals surface area contributed by atoms with Crippen LogP contribution in [0.4, 0.5) is 11.6 Å². The highest BCUT2D eigenvalue weighted by atomic mass is 15.3. The topological polar surface area (TPSA) is 41.0 Å². The van der Waals surface area contributed by atoms with Crippen molar-refractivity contribution in [3.63, 3.8) is 0 Å². The predicted molar refractivity (Wildman–Crippen MR) is 91.2 cm³/mol. The van der Waals surface area contributed by atoms with Crippen LogP contribution >= 0.6 is 0 Å². The largest absolute Gasteiger partial charge is 0.368 e. The highest BCUT2D eigenvalue weighted by Gasteiger charge is 2.33. The lowest BCUT2D eigenvalue weighted by atomic mass is 9.85. The molecule has 4 heteroatoms. The minimum absolute atomic E-state index is 0.0395. The standard InChI is InChI=1S/C18H24N4/c1-13(2)21-16-9-17(20-12-19-16)22-11-15-8-6-5-7-14(15)10-18(22,3)4/h5-9,12-13H,10-11H2,1-4H3,(H,19,20,21). The normalized spacial score (nSPS) is 16.5. The third-order valence-electron chi connectivity index (χ3n) is 4.17. The van der Waals surface area contributed by atoms with Crippen molar-refractivity contribution >= 4 is 11.6 Å². The zero-order valence-electron chi connectivity index (χ0n) is 13.8. The first-order valence-electron chi connectivity index (χ1n) is 7.89. The van der Waals surface area contributed by atoms with Crippen LogP contribution in [0, 0.1) is 0 Å². The SMILES string of the molecule is CC(C)Nc1cc(N2Cc3ccccc3CC2(C)C)ncn1. The van der Waals surface area contributed by atoms with E-state index in [9.17, 15) is 0 Å². The van der Waals surface area contributed by atoms with Gasteiger partial charge in [0.1, 0.15) is 18.0 Å². The molecule has 0 spiro atoms. The monoisotopic (exact) mass is 296 g/mol. The summed E-state index contributed by atoms with van der Waals surface area (Å²) < 4.78 is 0. The van der Waals surface area contributed by atoms with Gasteiger partial charge in [0.15, 0.2) is 0 Å². The fourth-order valence-corrected chi connectivity index (χ4v) is 3.09. The van der Waals surface area contributed by atoms with Crippen molar-refractivity contribution in [3.05, 3.63) is 47.8 Å². The number of nitrogens with one attached hydrogen (secondary N) is 1. The second-order valence-corrected chi connectivity index (χ2v) is 6.90. The smallest absolute Gasteiger partial charge is 0.134 e. The minimum atomic E-state index is 0.0395. The number of benzene rings is 1. The summed E-state index contributed by atoms with van der Waals surface area (Å²) in [5, 5.41) is 3.35. The Kier molecular flexibility index (Phi) is 3.77. The van der Waals surface area contributed by atoms with Crippen LogP contribution in [-0.4, -0.2) is 21.5 Å². The zero-order chi connectivity index (χ0) is 15.7. The average Bonchev–Trinajstić information content (AvgIpc) is 2.45. The molecule has 0 unspecified atom stereocenters. The molecule has 0 bridgehead atoms. The molecule has 0 saturated heterocycles. The van der Waals surface area contributed by atoms with E-state index in [0.717, 1.165) is 24.6 Å². The summed E-state index contributed by atoms with van der Waals surface area (Å²) in [4.78, 5) is 11.2. The van der Waals surface area contributed by atoms with Crippen LogP contribution in [0.3, 0.4) is 0 Å². The third kappa shape index (κ3) is 2.91. The first kappa shape index (κ1) is 14.8. The molecule has 0 amide bonds. The van der Waals surface area contributed by atoms with Gasteiger partial charge in [-0.15, -0.1) is 0 Å². The van der Waals surface area contributed by atoms with Gasteiger partial charge in [-0.05, 0) is 45.2 Å². The number of hydrogen-bond acceptors (Lipinski definition) is 4. The van der Waals surface area contributed by atoms with Gasteiger partial charge >= 0.3 is 0 Å². The van der Waals surface area contributed by atoms with Gasteiger partial charge in [0, 0.05) is 24.2 Å². The van der Waals surface area contributed by atoms with Crippen LogP contribution < -0.4 is 10.2 Å². The maximum atomic E-state index is 4.51. The molecule has 2 aromatic rings. The van der Waals surface area contributed by atoms with Crippen LogP contribution in [0.5, 0.6) is 0 Å². The Hall–Kier alpha value is -2.10. The third-order valence-corrected chi connectivity index (χ3v) is 4.17. The first-order chi connectivity index (χ1) is 10.5. The lowest BCUT2D eigenvalue weighted by Gasteiger charge is -2.44. The molecule has 1 aromatic heterocycles. The second kappa shape index (κ2) is 5.59. The second-order valence-electron chi connectivity index (χ2n) is 6.90. The molecule has 0 atom stereocenters. The summed E-state index contributed by atoms with van der Waals surface area (Å²) in [6.45, 7) is 9.67. The van der Waals surface area contributed by atoms with Crippen LogP contribution in [-0.2, 0) is 13.0 Å². The van der Waals surface area contributed by atoms with Crippen LogP contribution in [0.2, 0.25) is 0 Å². The molecule has 0 radical (unpaired) electrons. The maximum absolute atomic E-state index is 4.51. The van der Waals surface area contributed by atoms with E-state index >= 15 is 0 Å². The highest BCUT2D eigenvalue weighted by Crippen LogP contribution is 2.34. The van der Waals surface area contributed by atoms with Gasteiger partial charge in [0.05, 0.1) is 0 Å². The molecule has 1 aliphatic rings. The molecule has 0 aliphatic carbocycles. The molecular weight excluding hydrogens is 272 g/mol. The fraction of sp³-hybridized carbons (Fsp3) is 0.444. The van der Waals surface area contributed by atoms with E-state index in [2.05, 4.69) is 78.2 Å². The molecule has 22 heavy (non-hydrogen) atoms. The average molecular weight is 296 g/mol. The van der Waals surface area contributed by atoms with Gasteiger partial charge in [-0.2, -0.15) is 0 Å². The Morgan fingerprint density at radius 1 is 1.14 bits per heavy atom. The van der Waals surface area contributed by atoms with Crippen molar-refractivity contribution in [3.8, 4) is 0 Å². The summed E-state index contributed by atoms with van der Waals surface area (Å²) >= 11 is 0. The van der Waals surface area contributed by atoms with Gasteiger partial charge in [0.2, 0.25) is 0 Å². The van der Waals surface area contributed by atoms with E-state index in [-0.39, 0.29) is 5.54 Å². The van der Waals surface area contributed by atoms with E-state index in [1.807, 2.05) is 0 Å². The van der Waals surface area contributed by atoms with Crippen molar-refractivity contribution in [2.75, 3.05) is 10.2 Å². The molecule has 1 aliphatic heterocycles. The minimum Gasteiger partial charge on any atom is -0.368 e. The number of anilines is 2. The molecule has 3 rings (SSSR count). The van der Waals surface area contributed by atoms with Crippen LogP contribution in [0.1, 0.15) is 38.8 Å². The molecule has 1 N–H and O–H groups in total. The lowest BCUT2D eigenvalue weighted by molar-refractivity contribution is 0.427. The zero-order valence-corrected chi connectivity index (χ0v) is 13.8. The van der Waals surface area contributed by atoms with Gasteiger partial charge in [-0.1, -0.05) is 24.3 Å². The summed E-state index contributed by atoms with van der Waals surface area (Å²) in [5.74, 6) is 1.87. The number of aromatic nitrogens is 2.